The maximum Gasteiger partial charge on any atom is 0.290 e. The van der Waals surface area contributed by atoms with E-state index in [0.29, 0.717) is 11.7 Å². The molecular formula is C14H16N2O4. The predicted octanol–water partition coefficient (Wildman–Crippen LogP) is 2.40. The van der Waals surface area contributed by atoms with E-state index in [0.717, 1.165) is 25.7 Å². The van der Waals surface area contributed by atoms with Crippen LogP contribution in [0.1, 0.15) is 31.2 Å². The number of aliphatic hydroxyl groups excluding tert-OH is 1. The molecule has 1 fully saturated rings. The molecule has 0 amide bonds. The molecule has 0 atom stereocenters. The van der Waals surface area contributed by atoms with Crippen LogP contribution < -0.4 is 4.74 Å². The van der Waals surface area contributed by atoms with Crippen molar-refractivity contribution < 1.29 is 14.8 Å². The van der Waals surface area contributed by atoms with E-state index in [2.05, 4.69) is 0 Å². The Bertz CT molecular complexity index is 530. The van der Waals surface area contributed by atoms with Gasteiger partial charge in [0.15, 0.2) is 0 Å². The van der Waals surface area contributed by atoms with Crippen LogP contribution in [0.5, 0.6) is 5.75 Å². The molecule has 0 unspecified atom stereocenters. The fourth-order valence-corrected chi connectivity index (χ4v) is 2.46. The van der Waals surface area contributed by atoms with Crippen molar-refractivity contribution in [3.8, 4) is 11.8 Å². The minimum atomic E-state index is -0.575. The molecule has 1 aromatic rings. The van der Waals surface area contributed by atoms with Crippen LogP contribution in [0, 0.1) is 27.4 Å². The first kappa shape index (κ1) is 14.3. The van der Waals surface area contributed by atoms with Crippen LogP contribution in [0.2, 0.25) is 0 Å². The highest BCUT2D eigenvalue weighted by Gasteiger charge is 2.23. The van der Waals surface area contributed by atoms with Gasteiger partial charge in [-0.15, -0.1) is 0 Å². The van der Waals surface area contributed by atoms with Crippen LogP contribution in [0.4, 0.5) is 5.69 Å². The molecule has 1 aliphatic carbocycles. The van der Waals surface area contributed by atoms with Crippen LogP contribution in [-0.4, -0.2) is 22.7 Å². The van der Waals surface area contributed by atoms with Gasteiger partial charge in [0.2, 0.25) is 0 Å². The second-order valence-electron chi connectivity index (χ2n) is 4.99. The lowest BCUT2D eigenvalue weighted by atomic mass is 9.88. The summed E-state index contributed by atoms with van der Waals surface area (Å²) in [6, 6.07) is 6.09. The van der Waals surface area contributed by atoms with E-state index in [-0.39, 0.29) is 24.0 Å². The average Bonchev–Trinajstić information content (AvgIpc) is 2.48. The van der Waals surface area contributed by atoms with Gasteiger partial charge in [-0.25, -0.2) is 0 Å². The summed E-state index contributed by atoms with van der Waals surface area (Å²) in [6.45, 7) is 0.203. The molecule has 1 aliphatic rings. The number of aliphatic hydroxyl groups is 1. The summed E-state index contributed by atoms with van der Waals surface area (Å²) in [4.78, 5) is 10.3. The zero-order chi connectivity index (χ0) is 14.5. The maximum absolute atomic E-state index is 10.9. The molecular weight excluding hydrogens is 260 g/mol. The van der Waals surface area contributed by atoms with Crippen LogP contribution in [0.25, 0.3) is 0 Å². The molecule has 0 bridgehead atoms. The van der Waals surface area contributed by atoms with Crippen LogP contribution in [0.3, 0.4) is 0 Å². The van der Waals surface area contributed by atoms with Crippen molar-refractivity contribution in [2.45, 2.75) is 31.8 Å². The van der Waals surface area contributed by atoms with Gasteiger partial charge in [0.1, 0.15) is 17.4 Å². The van der Waals surface area contributed by atoms with Crippen molar-refractivity contribution in [2.75, 3.05) is 6.61 Å². The molecule has 0 saturated heterocycles. The molecule has 0 heterocycles. The zero-order valence-electron chi connectivity index (χ0n) is 11.0. The number of nitro benzene ring substituents is 1. The summed E-state index contributed by atoms with van der Waals surface area (Å²) >= 11 is 0. The lowest BCUT2D eigenvalue weighted by molar-refractivity contribution is -0.385. The van der Waals surface area contributed by atoms with Crippen molar-refractivity contribution in [3.05, 3.63) is 33.9 Å². The highest BCUT2D eigenvalue weighted by molar-refractivity contribution is 5.52. The molecule has 20 heavy (non-hydrogen) atoms. The Morgan fingerprint density at radius 3 is 2.65 bits per heavy atom. The summed E-state index contributed by atoms with van der Waals surface area (Å²) < 4.78 is 5.74. The van der Waals surface area contributed by atoms with E-state index in [1.54, 1.807) is 12.1 Å². The number of hydrogen-bond acceptors (Lipinski definition) is 5. The Kier molecular flexibility index (Phi) is 4.53. The van der Waals surface area contributed by atoms with Crippen molar-refractivity contribution in [1.82, 2.24) is 0 Å². The van der Waals surface area contributed by atoms with E-state index in [4.69, 9.17) is 15.1 Å². The van der Waals surface area contributed by atoms with Crippen molar-refractivity contribution in [1.29, 1.82) is 5.26 Å². The molecule has 0 aliphatic heterocycles. The normalized spacial score (nSPS) is 22.0. The third-order valence-corrected chi connectivity index (χ3v) is 3.64. The smallest absolute Gasteiger partial charge is 0.290 e. The van der Waals surface area contributed by atoms with Crippen LogP contribution in [0.15, 0.2) is 18.2 Å². The molecule has 0 spiro atoms. The molecule has 1 saturated carbocycles. The quantitative estimate of drug-likeness (QED) is 0.672. The summed E-state index contributed by atoms with van der Waals surface area (Å²) in [5.74, 6) is 0.758. The number of hydrogen-bond donors (Lipinski definition) is 1. The van der Waals surface area contributed by atoms with Gasteiger partial charge in [0.05, 0.1) is 17.1 Å². The number of ether oxygens (including phenoxy) is 1. The lowest BCUT2D eigenvalue weighted by Crippen LogP contribution is -2.25. The third kappa shape index (κ3) is 3.25. The second-order valence-corrected chi connectivity index (χ2v) is 4.99. The molecule has 0 radical (unpaired) electrons. The second kappa shape index (κ2) is 6.35. The summed E-state index contributed by atoms with van der Waals surface area (Å²) in [6.07, 6.45) is 3.49. The zero-order valence-corrected chi connectivity index (χ0v) is 11.0. The number of benzene rings is 1. The topological polar surface area (TPSA) is 96.4 Å². The van der Waals surface area contributed by atoms with Gasteiger partial charge in [-0.1, -0.05) is 0 Å². The Morgan fingerprint density at radius 1 is 1.40 bits per heavy atom. The van der Waals surface area contributed by atoms with Crippen molar-refractivity contribution in [3.63, 3.8) is 0 Å². The fraction of sp³-hybridized carbons (Fsp3) is 0.500. The summed E-state index contributed by atoms with van der Waals surface area (Å²) in [5, 5.41) is 28.8. The van der Waals surface area contributed by atoms with Gasteiger partial charge >= 0.3 is 0 Å². The van der Waals surface area contributed by atoms with Gasteiger partial charge in [0.25, 0.3) is 5.69 Å². The average molecular weight is 276 g/mol. The Balaban J connectivity index is 2.05. The molecule has 6 nitrogen and oxygen atoms in total. The van der Waals surface area contributed by atoms with Crippen molar-refractivity contribution in [2.24, 2.45) is 5.92 Å². The summed E-state index contributed by atoms with van der Waals surface area (Å²) in [5.41, 5.74) is -0.194. The molecule has 106 valence electrons. The number of rotatable bonds is 4. The minimum Gasteiger partial charge on any atom is -0.490 e. The highest BCUT2D eigenvalue weighted by atomic mass is 16.6. The van der Waals surface area contributed by atoms with Gasteiger partial charge in [-0.3, -0.25) is 10.1 Å². The Hall–Kier alpha value is -2.13. The van der Waals surface area contributed by atoms with Gasteiger partial charge < -0.3 is 9.84 Å². The van der Waals surface area contributed by atoms with E-state index < -0.39 is 4.92 Å². The van der Waals surface area contributed by atoms with Crippen LogP contribution in [-0.2, 0) is 0 Å². The van der Waals surface area contributed by atoms with Crippen LogP contribution >= 0.6 is 0 Å². The maximum atomic E-state index is 10.9. The number of nitriles is 1. The molecule has 0 aromatic heterocycles. The van der Waals surface area contributed by atoms with Gasteiger partial charge in [-0.2, -0.15) is 5.26 Å². The van der Waals surface area contributed by atoms with E-state index in [9.17, 15) is 10.1 Å². The first-order valence-electron chi connectivity index (χ1n) is 6.60. The lowest BCUT2D eigenvalue weighted by Gasteiger charge is -2.27. The van der Waals surface area contributed by atoms with E-state index in [1.807, 2.05) is 0 Å². The molecule has 1 aromatic carbocycles. The van der Waals surface area contributed by atoms with E-state index >= 15 is 0 Å². The molecule has 6 heteroatoms. The largest absolute Gasteiger partial charge is 0.490 e. The number of nitrogens with zero attached hydrogens (tertiary/aromatic N) is 2. The first-order chi connectivity index (χ1) is 9.63. The van der Waals surface area contributed by atoms with E-state index in [1.165, 1.54) is 12.1 Å². The van der Waals surface area contributed by atoms with Gasteiger partial charge in [-0.05, 0) is 43.7 Å². The van der Waals surface area contributed by atoms with Crippen molar-refractivity contribution >= 4 is 5.69 Å². The summed E-state index contributed by atoms with van der Waals surface area (Å²) in [7, 11) is 0. The SMILES string of the molecule is N#Cc1ccc(OC2CCC(CO)CC2)cc1[N+](=O)[O-]. The Morgan fingerprint density at radius 2 is 2.10 bits per heavy atom. The Labute approximate surface area is 116 Å². The molecule has 1 N–H and O–H groups in total. The number of nitro groups is 1. The van der Waals surface area contributed by atoms with Gasteiger partial charge in [0, 0.05) is 6.61 Å². The third-order valence-electron chi connectivity index (χ3n) is 3.64. The fourth-order valence-electron chi connectivity index (χ4n) is 2.46. The first-order valence-corrected chi connectivity index (χ1v) is 6.60. The predicted molar refractivity (Wildman–Crippen MR) is 71.3 cm³/mol. The highest BCUT2D eigenvalue weighted by Crippen LogP contribution is 2.30. The monoisotopic (exact) mass is 276 g/mol. The standard InChI is InChI=1S/C14H16N2O4/c15-8-11-3-6-13(7-14(11)16(18)19)20-12-4-1-10(9-17)2-5-12/h3,6-7,10,12,17H,1-2,4-5,9H2. The molecule has 2 rings (SSSR count). The minimum absolute atomic E-state index is 0.0188.